The van der Waals surface area contributed by atoms with Crippen LogP contribution in [0.3, 0.4) is 0 Å². The first-order valence-corrected chi connectivity index (χ1v) is 12.3. The Morgan fingerprint density at radius 1 is 1.06 bits per heavy atom. The summed E-state index contributed by atoms with van der Waals surface area (Å²) in [6.45, 7) is 10.5. The summed E-state index contributed by atoms with van der Waals surface area (Å²) < 4.78 is 0. The molecule has 0 spiro atoms. The number of hydrogen-bond donors (Lipinski definition) is 2. The summed E-state index contributed by atoms with van der Waals surface area (Å²) in [6.07, 6.45) is 4.09. The van der Waals surface area contributed by atoms with Crippen molar-refractivity contribution in [2.75, 3.05) is 39.8 Å². The molecule has 2 amide bonds. The Labute approximate surface area is 191 Å². The predicted octanol–water partition coefficient (Wildman–Crippen LogP) is 3.00. The molecular formula is C23H39N5O2S. The van der Waals surface area contributed by atoms with Crippen molar-refractivity contribution < 1.29 is 9.59 Å². The molecule has 0 aliphatic carbocycles. The van der Waals surface area contributed by atoms with Crippen LogP contribution in [0.4, 0.5) is 0 Å². The average Bonchev–Trinajstić information content (AvgIpc) is 3.16. The van der Waals surface area contributed by atoms with Crippen molar-refractivity contribution >= 4 is 29.1 Å². The molecule has 2 N–H and O–H groups in total. The number of thiophene rings is 1. The summed E-state index contributed by atoms with van der Waals surface area (Å²) in [5.74, 6) is 1.62. The third-order valence-electron chi connectivity index (χ3n) is 5.54. The van der Waals surface area contributed by atoms with Crippen molar-refractivity contribution in [3.63, 3.8) is 0 Å². The van der Waals surface area contributed by atoms with Gasteiger partial charge in [0.2, 0.25) is 11.8 Å². The second-order valence-corrected chi connectivity index (χ2v) is 9.55. The molecule has 1 aliphatic rings. The lowest BCUT2D eigenvalue weighted by Gasteiger charge is -2.35. The van der Waals surface area contributed by atoms with E-state index in [9.17, 15) is 9.59 Å². The molecule has 1 saturated heterocycles. The Morgan fingerprint density at radius 3 is 2.32 bits per heavy atom. The highest BCUT2D eigenvalue weighted by atomic mass is 32.1. The Balaban J connectivity index is 1.54. The van der Waals surface area contributed by atoms with Gasteiger partial charge in [-0.3, -0.25) is 14.6 Å². The van der Waals surface area contributed by atoms with Crippen LogP contribution in [0.25, 0.3) is 0 Å². The smallest absolute Gasteiger partial charge is 0.222 e. The zero-order chi connectivity index (χ0) is 22.6. The summed E-state index contributed by atoms with van der Waals surface area (Å²) in [6, 6.07) is 2.13. The monoisotopic (exact) mass is 449 g/mol. The van der Waals surface area contributed by atoms with E-state index < -0.39 is 0 Å². The Bertz CT molecular complexity index is 723. The van der Waals surface area contributed by atoms with Crippen LogP contribution in [0.5, 0.6) is 0 Å². The van der Waals surface area contributed by atoms with E-state index in [0.717, 1.165) is 38.3 Å². The number of aliphatic imine (C=N–C) groups is 1. The first-order valence-electron chi connectivity index (χ1n) is 11.4. The van der Waals surface area contributed by atoms with Crippen molar-refractivity contribution in [1.29, 1.82) is 0 Å². The molecule has 8 heteroatoms. The molecule has 174 valence electrons. The van der Waals surface area contributed by atoms with Gasteiger partial charge >= 0.3 is 0 Å². The number of carbonyl (C=O) groups excluding carboxylic acids is 2. The van der Waals surface area contributed by atoms with E-state index in [2.05, 4.69) is 47.8 Å². The van der Waals surface area contributed by atoms with Gasteiger partial charge in [-0.2, -0.15) is 0 Å². The van der Waals surface area contributed by atoms with Gasteiger partial charge in [-0.1, -0.05) is 20.3 Å². The second kappa shape index (κ2) is 13.3. The third kappa shape index (κ3) is 8.89. The number of unbranched alkanes of at least 4 members (excludes halogenated alkanes) is 2. The van der Waals surface area contributed by atoms with E-state index in [1.807, 2.05) is 9.80 Å². The Morgan fingerprint density at radius 2 is 1.74 bits per heavy atom. The minimum Gasteiger partial charge on any atom is -0.356 e. The summed E-state index contributed by atoms with van der Waals surface area (Å²) in [7, 11) is 1.78. The highest BCUT2D eigenvalue weighted by Crippen LogP contribution is 2.14. The first kappa shape index (κ1) is 25.2. The van der Waals surface area contributed by atoms with Gasteiger partial charge in [-0.05, 0) is 42.7 Å². The first-order chi connectivity index (χ1) is 14.9. The fraction of sp³-hybridized carbons (Fsp3) is 0.696. The number of amides is 2. The van der Waals surface area contributed by atoms with Gasteiger partial charge < -0.3 is 20.4 Å². The SMILES string of the molecule is CN=C(NCCCCCC(=O)N1CCN(C(=O)CC(C)C)CC1)NCc1sccc1C. The number of piperazine rings is 1. The molecule has 0 atom stereocenters. The van der Waals surface area contributed by atoms with E-state index in [0.29, 0.717) is 44.9 Å². The molecule has 0 bridgehead atoms. The highest BCUT2D eigenvalue weighted by molar-refractivity contribution is 7.10. The number of nitrogens with one attached hydrogen (secondary N) is 2. The van der Waals surface area contributed by atoms with E-state index in [1.54, 1.807) is 18.4 Å². The highest BCUT2D eigenvalue weighted by Gasteiger charge is 2.23. The standard InChI is InChI=1S/C23H39N5O2S/c1-18(2)16-22(30)28-13-11-27(12-14-28)21(29)8-6-5-7-10-25-23(24-4)26-17-20-19(3)9-15-31-20/h9,15,18H,5-8,10-14,16-17H2,1-4H3,(H2,24,25,26). The quantitative estimate of drug-likeness (QED) is 0.327. The molecule has 0 unspecified atom stereocenters. The molecule has 2 heterocycles. The van der Waals surface area contributed by atoms with E-state index in [1.165, 1.54) is 10.4 Å². The van der Waals surface area contributed by atoms with Gasteiger partial charge in [0, 0.05) is 57.5 Å². The summed E-state index contributed by atoms with van der Waals surface area (Å²) in [5, 5.41) is 8.80. The molecule has 1 aromatic rings. The minimum absolute atomic E-state index is 0.213. The van der Waals surface area contributed by atoms with Crippen molar-refractivity contribution in [3.05, 3.63) is 21.9 Å². The van der Waals surface area contributed by atoms with Gasteiger partial charge in [0.15, 0.2) is 5.96 Å². The summed E-state index contributed by atoms with van der Waals surface area (Å²) >= 11 is 1.75. The number of nitrogens with zero attached hydrogens (tertiary/aromatic N) is 3. The molecule has 1 aromatic heterocycles. The maximum Gasteiger partial charge on any atom is 0.222 e. The topological polar surface area (TPSA) is 77.0 Å². The zero-order valence-corrected chi connectivity index (χ0v) is 20.4. The molecule has 0 aromatic carbocycles. The number of guanidine groups is 1. The van der Waals surface area contributed by atoms with Crippen LogP contribution in [0.15, 0.2) is 16.4 Å². The van der Waals surface area contributed by atoms with Crippen molar-refractivity contribution in [2.24, 2.45) is 10.9 Å². The van der Waals surface area contributed by atoms with Gasteiger partial charge in [-0.15, -0.1) is 11.3 Å². The van der Waals surface area contributed by atoms with Crippen LogP contribution in [-0.4, -0.2) is 67.3 Å². The number of aryl methyl sites for hydroxylation is 1. The summed E-state index contributed by atoms with van der Waals surface area (Å²) in [5.41, 5.74) is 1.31. The van der Waals surface area contributed by atoms with Crippen LogP contribution in [0, 0.1) is 12.8 Å². The fourth-order valence-corrected chi connectivity index (χ4v) is 4.44. The molecule has 1 fully saturated rings. The summed E-state index contributed by atoms with van der Waals surface area (Å²) in [4.78, 5) is 34.0. The van der Waals surface area contributed by atoms with Gasteiger partial charge in [0.1, 0.15) is 0 Å². The normalized spacial score (nSPS) is 14.8. The Kier molecular flexibility index (Phi) is 10.8. The number of rotatable bonds is 10. The minimum atomic E-state index is 0.213. The van der Waals surface area contributed by atoms with Gasteiger partial charge in [-0.25, -0.2) is 0 Å². The predicted molar refractivity (Wildman–Crippen MR) is 128 cm³/mol. The van der Waals surface area contributed by atoms with Crippen LogP contribution < -0.4 is 10.6 Å². The molecular weight excluding hydrogens is 410 g/mol. The third-order valence-corrected chi connectivity index (χ3v) is 6.56. The molecule has 31 heavy (non-hydrogen) atoms. The van der Waals surface area contributed by atoms with Crippen molar-refractivity contribution in [2.45, 2.75) is 59.4 Å². The van der Waals surface area contributed by atoms with Crippen LogP contribution in [0.2, 0.25) is 0 Å². The van der Waals surface area contributed by atoms with Crippen LogP contribution in [-0.2, 0) is 16.1 Å². The molecule has 2 rings (SSSR count). The van der Waals surface area contributed by atoms with E-state index in [4.69, 9.17) is 0 Å². The molecule has 7 nitrogen and oxygen atoms in total. The van der Waals surface area contributed by atoms with Crippen molar-refractivity contribution in [3.8, 4) is 0 Å². The van der Waals surface area contributed by atoms with E-state index in [-0.39, 0.29) is 11.8 Å². The maximum absolute atomic E-state index is 12.4. The lowest BCUT2D eigenvalue weighted by molar-refractivity contribution is -0.140. The zero-order valence-electron chi connectivity index (χ0n) is 19.6. The maximum atomic E-state index is 12.4. The number of carbonyl (C=O) groups is 2. The van der Waals surface area contributed by atoms with Crippen LogP contribution >= 0.6 is 11.3 Å². The largest absolute Gasteiger partial charge is 0.356 e. The van der Waals surface area contributed by atoms with Gasteiger partial charge in [0.05, 0.1) is 6.54 Å². The van der Waals surface area contributed by atoms with E-state index >= 15 is 0 Å². The average molecular weight is 450 g/mol. The lowest BCUT2D eigenvalue weighted by atomic mass is 10.1. The fourth-order valence-electron chi connectivity index (χ4n) is 3.60. The molecule has 0 radical (unpaired) electrons. The number of hydrogen-bond acceptors (Lipinski definition) is 4. The van der Waals surface area contributed by atoms with Crippen molar-refractivity contribution in [1.82, 2.24) is 20.4 Å². The second-order valence-electron chi connectivity index (χ2n) is 8.55. The molecule has 0 saturated carbocycles. The van der Waals surface area contributed by atoms with Gasteiger partial charge in [0.25, 0.3) is 0 Å². The lowest BCUT2D eigenvalue weighted by Crippen LogP contribution is -2.50. The van der Waals surface area contributed by atoms with Crippen LogP contribution in [0.1, 0.15) is 56.4 Å². The Hall–Kier alpha value is -2.09. The molecule has 1 aliphatic heterocycles.